The van der Waals surface area contributed by atoms with Crippen LogP contribution in [-0.2, 0) is 20.8 Å². The lowest BCUT2D eigenvalue weighted by atomic mass is 10.0. The predicted molar refractivity (Wildman–Crippen MR) is 128 cm³/mol. The van der Waals surface area contributed by atoms with Crippen molar-refractivity contribution in [2.45, 2.75) is 39.5 Å². The minimum absolute atomic E-state index is 0.252. The van der Waals surface area contributed by atoms with Gasteiger partial charge < -0.3 is 14.2 Å². The molecule has 2 amide bonds. The lowest BCUT2D eigenvalue weighted by Gasteiger charge is -2.40. The zero-order valence-electron chi connectivity index (χ0n) is 20.3. The Hall–Kier alpha value is -3.11. The number of ether oxygens (including phenoxy) is 3. The van der Waals surface area contributed by atoms with Crippen molar-refractivity contribution in [2.24, 2.45) is 0 Å². The van der Waals surface area contributed by atoms with Gasteiger partial charge in [-0.15, -0.1) is 0 Å². The molecule has 1 saturated heterocycles. The zero-order valence-corrected chi connectivity index (χ0v) is 20.3. The van der Waals surface area contributed by atoms with E-state index in [1.54, 1.807) is 9.80 Å². The molecule has 1 fully saturated rings. The molecular weight excluding hydrogens is 438 g/mol. The summed E-state index contributed by atoms with van der Waals surface area (Å²) in [7, 11) is 1.35. The van der Waals surface area contributed by atoms with E-state index in [1.165, 1.54) is 7.11 Å². The lowest BCUT2D eigenvalue weighted by Crippen LogP contribution is -2.52. The second kappa shape index (κ2) is 10.4. The monoisotopic (exact) mass is 471 g/mol. The van der Waals surface area contributed by atoms with Gasteiger partial charge in [-0.05, 0) is 38.5 Å². The number of morpholine rings is 1. The topological polar surface area (TPSA) is 89.4 Å². The Labute approximate surface area is 200 Å². The van der Waals surface area contributed by atoms with Crippen LogP contribution in [-0.4, -0.2) is 85.5 Å². The number of hydrogen-bond donors (Lipinski definition) is 0. The molecular formula is C24H33N5O5. The molecule has 0 aliphatic carbocycles. The third-order valence-corrected chi connectivity index (χ3v) is 6.06. The molecule has 10 heteroatoms. The predicted octanol–water partition coefficient (Wildman–Crippen LogP) is 3.21. The summed E-state index contributed by atoms with van der Waals surface area (Å²) in [5.74, 6) is 0. The van der Waals surface area contributed by atoms with Crippen molar-refractivity contribution in [3.05, 3.63) is 30.6 Å². The number of benzene rings is 1. The lowest BCUT2D eigenvalue weighted by molar-refractivity contribution is 0.0360. The first kappa shape index (κ1) is 24.0. The highest BCUT2D eigenvalue weighted by molar-refractivity contribution is 6.01. The number of anilines is 2. The SMILES string of the molecule is COC(=O)N1c2ccc(-c3cnn(CCN4CCOCC4)c3)cc2N(C(=O)OC(C)C)CC1C. The van der Waals surface area contributed by atoms with Crippen LogP contribution >= 0.6 is 0 Å². The highest BCUT2D eigenvalue weighted by Crippen LogP contribution is 2.39. The van der Waals surface area contributed by atoms with E-state index in [0.717, 1.165) is 50.5 Å². The molecule has 0 spiro atoms. The first-order valence-electron chi connectivity index (χ1n) is 11.7. The van der Waals surface area contributed by atoms with Gasteiger partial charge in [-0.2, -0.15) is 5.10 Å². The Morgan fingerprint density at radius 1 is 1.12 bits per heavy atom. The number of carbonyl (C=O) groups is 2. The van der Waals surface area contributed by atoms with Crippen molar-refractivity contribution in [1.29, 1.82) is 0 Å². The van der Waals surface area contributed by atoms with Crippen LogP contribution in [0, 0.1) is 0 Å². The first-order valence-corrected chi connectivity index (χ1v) is 11.7. The smallest absolute Gasteiger partial charge is 0.414 e. The highest BCUT2D eigenvalue weighted by atomic mass is 16.6. The Bertz CT molecular complexity index is 1020. The highest BCUT2D eigenvalue weighted by Gasteiger charge is 2.36. The summed E-state index contributed by atoms with van der Waals surface area (Å²) in [5.41, 5.74) is 3.05. The molecule has 3 heterocycles. The van der Waals surface area contributed by atoms with E-state index in [1.807, 2.05) is 56.0 Å². The Kier molecular flexibility index (Phi) is 7.38. The molecule has 2 aliphatic rings. The molecule has 1 atom stereocenters. The third kappa shape index (κ3) is 5.18. The van der Waals surface area contributed by atoms with Crippen molar-refractivity contribution < 1.29 is 23.8 Å². The van der Waals surface area contributed by atoms with Crippen LogP contribution in [0.3, 0.4) is 0 Å². The summed E-state index contributed by atoms with van der Waals surface area (Å²) in [4.78, 5) is 30.9. The molecule has 34 heavy (non-hydrogen) atoms. The first-order chi connectivity index (χ1) is 16.4. The van der Waals surface area contributed by atoms with Gasteiger partial charge in [0.05, 0.1) is 63.1 Å². The van der Waals surface area contributed by atoms with Gasteiger partial charge in [0.15, 0.2) is 0 Å². The van der Waals surface area contributed by atoms with E-state index in [4.69, 9.17) is 14.2 Å². The largest absolute Gasteiger partial charge is 0.452 e. The summed E-state index contributed by atoms with van der Waals surface area (Å²) in [6.45, 7) is 10.9. The van der Waals surface area contributed by atoms with Gasteiger partial charge in [0.2, 0.25) is 0 Å². The molecule has 10 nitrogen and oxygen atoms in total. The number of nitrogens with zero attached hydrogens (tertiary/aromatic N) is 5. The number of aromatic nitrogens is 2. The molecule has 0 saturated carbocycles. The molecule has 4 rings (SSSR count). The molecule has 0 radical (unpaired) electrons. The second-order valence-corrected chi connectivity index (χ2v) is 8.88. The van der Waals surface area contributed by atoms with Gasteiger partial charge in [-0.25, -0.2) is 9.59 Å². The number of hydrogen-bond acceptors (Lipinski definition) is 7. The van der Waals surface area contributed by atoms with Gasteiger partial charge in [-0.3, -0.25) is 19.4 Å². The van der Waals surface area contributed by atoms with Crippen LogP contribution in [0.1, 0.15) is 20.8 Å². The van der Waals surface area contributed by atoms with Gasteiger partial charge in [0.1, 0.15) is 0 Å². The van der Waals surface area contributed by atoms with Crippen LogP contribution in [0.5, 0.6) is 0 Å². The van der Waals surface area contributed by atoms with Crippen molar-refractivity contribution >= 4 is 23.6 Å². The maximum Gasteiger partial charge on any atom is 0.414 e. The maximum absolute atomic E-state index is 12.9. The molecule has 2 aliphatic heterocycles. The van der Waals surface area contributed by atoms with E-state index < -0.39 is 12.2 Å². The van der Waals surface area contributed by atoms with Gasteiger partial charge in [-0.1, -0.05) is 6.07 Å². The van der Waals surface area contributed by atoms with Crippen LogP contribution in [0.2, 0.25) is 0 Å². The number of amides is 2. The molecule has 184 valence electrons. The fourth-order valence-corrected chi connectivity index (χ4v) is 4.32. The molecule has 0 N–H and O–H groups in total. The third-order valence-electron chi connectivity index (χ3n) is 6.06. The summed E-state index contributed by atoms with van der Waals surface area (Å²) in [5, 5.41) is 4.52. The van der Waals surface area contributed by atoms with E-state index in [9.17, 15) is 9.59 Å². The fourth-order valence-electron chi connectivity index (χ4n) is 4.32. The minimum Gasteiger partial charge on any atom is -0.452 e. The van der Waals surface area contributed by atoms with Crippen molar-refractivity contribution in [3.8, 4) is 11.1 Å². The normalized spacial score (nSPS) is 18.7. The molecule has 1 aromatic carbocycles. The fraction of sp³-hybridized carbons (Fsp3) is 0.542. The van der Waals surface area contributed by atoms with Crippen LogP contribution in [0.4, 0.5) is 21.0 Å². The summed E-state index contributed by atoms with van der Waals surface area (Å²) in [6, 6.07) is 5.41. The molecule has 2 aromatic rings. The van der Waals surface area contributed by atoms with E-state index in [0.29, 0.717) is 17.9 Å². The van der Waals surface area contributed by atoms with Crippen LogP contribution in [0.25, 0.3) is 11.1 Å². The van der Waals surface area contributed by atoms with Crippen molar-refractivity contribution in [1.82, 2.24) is 14.7 Å². The van der Waals surface area contributed by atoms with Crippen LogP contribution in [0.15, 0.2) is 30.6 Å². The zero-order chi connectivity index (χ0) is 24.2. The van der Waals surface area contributed by atoms with Gasteiger partial charge in [0, 0.05) is 31.4 Å². The van der Waals surface area contributed by atoms with E-state index >= 15 is 0 Å². The Balaban J connectivity index is 1.60. The van der Waals surface area contributed by atoms with E-state index in [2.05, 4.69) is 10.00 Å². The average Bonchev–Trinajstić information content (AvgIpc) is 3.31. The molecule has 1 aromatic heterocycles. The molecule has 0 bridgehead atoms. The number of rotatable bonds is 5. The standard InChI is InChI=1S/C24H33N5O5/c1-17(2)34-23(30)28-15-18(3)29(24(31)32-4)21-6-5-19(13-22(21)28)20-14-25-27(16-20)8-7-26-9-11-33-12-10-26/h5-6,13-14,16-18H,7-12,15H2,1-4H3. The van der Waals surface area contributed by atoms with Crippen molar-refractivity contribution in [3.63, 3.8) is 0 Å². The summed E-state index contributed by atoms with van der Waals surface area (Å²) in [6.07, 6.45) is 2.67. The summed E-state index contributed by atoms with van der Waals surface area (Å²) >= 11 is 0. The van der Waals surface area contributed by atoms with Crippen molar-refractivity contribution in [2.75, 3.05) is 56.3 Å². The van der Waals surface area contributed by atoms with E-state index in [-0.39, 0.29) is 12.1 Å². The number of carbonyl (C=O) groups excluding carboxylic acids is 2. The summed E-state index contributed by atoms with van der Waals surface area (Å²) < 4.78 is 17.8. The number of fused-ring (bicyclic) bond motifs is 1. The van der Waals surface area contributed by atoms with Gasteiger partial charge >= 0.3 is 12.2 Å². The average molecular weight is 472 g/mol. The Morgan fingerprint density at radius 3 is 2.59 bits per heavy atom. The quantitative estimate of drug-likeness (QED) is 0.662. The van der Waals surface area contributed by atoms with Gasteiger partial charge in [0.25, 0.3) is 0 Å². The van der Waals surface area contributed by atoms with Crippen LogP contribution < -0.4 is 9.80 Å². The minimum atomic E-state index is -0.464. The Morgan fingerprint density at radius 2 is 1.88 bits per heavy atom. The second-order valence-electron chi connectivity index (χ2n) is 8.88. The molecule has 1 unspecified atom stereocenters. The maximum atomic E-state index is 12.9. The number of methoxy groups -OCH3 is 1.